The quantitative estimate of drug-likeness (QED) is 0.528. The van der Waals surface area contributed by atoms with E-state index < -0.39 is 38.2 Å². The second-order valence-electron chi connectivity index (χ2n) is 7.23. The number of sulfonamides is 1. The monoisotopic (exact) mass is 500 g/mol. The average Bonchev–Trinajstić information content (AvgIpc) is 3.27. The van der Waals surface area contributed by atoms with Gasteiger partial charge in [-0.1, -0.05) is 23.7 Å². The highest BCUT2D eigenvalue weighted by Crippen LogP contribution is 2.44. The molecule has 0 unspecified atom stereocenters. The Morgan fingerprint density at radius 2 is 2.00 bits per heavy atom. The number of benzene rings is 2. The third-order valence-corrected chi connectivity index (χ3v) is 7.70. The van der Waals surface area contributed by atoms with Gasteiger partial charge in [0.15, 0.2) is 11.6 Å². The molecule has 32 heavy (non-hydrogen) atoms. The number of halogens is 3. The highest BCUT2D eigenvalue weighted by atomic mass is 35.5. The molecule has 2 aromatic carbocycles. The van der Waals surface area contributed by atoms with Gasteiger partial charge in [0.25, 0.3) is 10.0 Å². The van der Waals surface area contributed by atoms with Gasteiger partial charge >= 0.3 is 0 Å². The Morgan fingerprint density at radius 1 is 1.25 bits per heavy atom. The number of nitrogens with zero attached hydrogens (tertiary/aromatic N) is 2. The number of anilines is 1. The second-order valence-corrected chi connectivity index (χ2v) is 10.1. The third kappa shape index (κ3) is 4.42. The molecule has 2 heterocycles. The lowest BCUT2D eigenvalue weighted by molar-refractivity contribution is 0.340. The first-order valence-electron chi connectivity index (χ1n) is 9.63. The fraction of sp³-hybridized carbons (Fsp3) is 0.300. The molecule has 1 aromatic heterocycles. The van der Waals surface area contributed by atoms with E-state index in [0.29, 0.717) is 30.6 Å². The van der Waals surface area contributed by atoms with Gasteiger partial charge in [-0.15, -0.1) is 0 Å². The summed E-state index contributed by atoms with van der Waals surface area (Å²) in [4.78, 5) is 2.85. The molecule has 0 saturated carbocycles. The topological polar surface area (TPSA) is 93.2 Å². The van der Waals surface area contributed by atoms with Crippen molar-refractivity contribution in [1.82, 2.24) is 14.7 Å². The van der Waals surface area contributed by atoms with E-state index in [1.54, 1.807) is 12.1 Å². The van der Waals surface area contributed by atoms with Crippen molar-refractivity contribution in [3.05, 3.63) is 64.4 Å². The number of hydrogen-bond acceptors (Lipinski definition) is 7. The Hall–Kier alpha value is -2.34. The van der Waals surface area contributed by atoms with E-state index in [1.807, 2.05) is 12.1 Å². The van der Waals surface area contributed by atoms with Crippen LogP contribution in [0.1, 0.15) is 29.4 Å². The van der Waals surface area contributed by atoms with Crippen molar-refractivity contribution >= 4 is 38.3 Å². The number of aromatic nitrogens is 2. The summed E-state index contributed by atoms with van der Waals surface area (Å²) in [6.45, 7) is 1.07. The number of methoxy groups -OCH3 is 1. The Bertz CT molecular complexity index is 1210. The van der Waals surface area contributed by atoms with Crippen LogP contribution in [0.3, 0.4) is 0 Å². The molecule has 1 fully saturated rings. The van der Waals surface area contributed by atoms with Crippen molar-refractivity contribution in [2.45, 2.75) is 23.2 Å². The van der Waals surface area contributed by atoms with Crippen LogP contribution in [-0.2, 0) is 10.0 Å². The molecule has 1 saturated heterocycles. The summed E-state index contributed by atoms with van der Waals surface area (Å²) in [7, 11) is -3.27. The summed E-state index contributed by atoms with van der Waals surface area (Å²) in [5, 5.41) is 3.71. The minimum absolute atomic E-state index is 0.00739. The van der Waals surface area contributed by atoms with E-state index in [-0.39, 0.29) is 16.6 Å². The first-order valence-corrected chi connectivity index (χ1v) is 12.3. The van der Waals surface area contributed by atoms with Gasteiger partial charge in [0, 0.05) is 34.6 Å². The summed E-state index contributed by atoms with van der Waals surface area (Å²) in [5.74, 6) is -3.09. The van der Waals surface area contributed by atoms with Crippen LogP contribution in [0.5, 0.6) is 5.75 Å². The number of nitrogens with one attached hydrogen (secondary N) is 2. The van der Waals surface area contributed by atoms with E-state index >= 15 is 8.78 Å². The summed E-state index contributed by atoms with van der Waals surface area (Å²) >= 11 is 6.77. The Kier molecular flexibility index (Phi) is 6.61. The Morgan fingerprint density at radius 3 is 2.66 bits per heavy atom. The van der Waals surface area contributed by atoms with Crippen molar-refractivity contribution in [3.8, 4) is 5.75 Å². The molecule has 1 aliphatic heterocycles. The van der Waals surface area contributed by atoms with Crippen molar-refractivity contribution in [1.29, 1.82) is 0 Å². The zero-order valence-corrected chi connectivity index (χ0v) is 19.2. The predicted octanol–water partition coefficient (Wildman–Crippen LogP) is 4.14. The van der Waals surface area contributed by atoms with Gasteiger partial charge in [-0.3, -0.25) is 4.72 Å². The van der Waals surface area contributed by atoms with Crippen molar-refractivity contribution in [2.24, 2.45) is 0 Å². The van der Waals surface area contributed by atoms with Gasteiger partial charge < -0.3 is 10.1 Å². The van der Waals surface area contributed by atoms with Gasteiger partial charge in [-0.25, -0.2) is 22.2 Å². The molecule has 2 atom stereocenters. The summed E-state index contributed by atoms with van der Waals surface area (Å²) < 4.78 is 67.2. The molecule has 12 heteroatoms. The molecular weight excluding hydrogens is 482 g/mol. The number of piperidine rings is 1. The first kappa shape index (κ1) is 22.8. The summed E-state index contributed by atoms with van der Waals surface area (Å²) in [6.07, 6.45) is 1.82. The van der Waals surface area contributed by atoms with E-state index in [2.05, 4.69) is 19.4 Å². The van der Waals surface area contributed by atoms with E-state index in [9.17, 15) is 8.42 Å². The minimum Gasteiger partial charge on any atom is -0.493 e. The fourth-order valence-electron chi connectivity index (χ4n) is 3.99. The highest BCUT2D eigenvalue weighted by molar-refractivity contribution is 7.93. The van der Waals surface area contributed by atoms with Crippen LogP contribution in [0, 0.1) is 11.6 Å². The second kappa shape index (κ2) is 9.26. The van der Waals surface area contributed by atoms with E-state index in [0.717, 1.165) is 23.4 Å². The SMILES string of the molecule is COc1c(F)c(S(=O)(=O)Nc2ncns2)cc(F)c1[C@@H]1CNCC[C@H]1c1ccc(Cl)cc1. The Labute approximate surface area is 193 Å². The first-order chi connectivity index (χ1) is 15.3. The standard InChI is InChI=1S/C20H19ClF2N4O3S2/c1-30-19-17(14-9-24-7-6-13(14)11-2-4-12(21)5-3-11)15(22)8-16(18(19)23)32(28,29)27-20-25-10-26-31-20/h2-5,8,10,13-14,24H,6-7,9H2,1H3,(H,25,26,27)/t13-,14+/m0/s1. The van der Waals surface area contributed by atoms with Crippen LogP contribution in [0.25, 0.3) is 0 Å². The van der Waals surface area contributed by atoms with Crippen molar-refractivity contribution < 1.29 is 21.9 Å². The van der Waals surface area contributed by atoms with Gasteiger partial charge in [0.2, 0.25) is 5.13 Å². The third-order valence-electron chi connectivity index (χ3n) is 5.40. The smallest absolute Gasteiger partial charge is 0.266 e. The lowest BCUT2D eigenvalue weighted by Crippen LogP contribution is -2.35. The molecule has 1 aliphatic rings. The normalized spacial score (nSPS) is 19.0. The lowest BCUT2D eigenvalue weighted by atomic mass is 9.77. The molecule has 0 aliphatic carbocycles. The average molecular weight is 501 g/mol. The molecular formula is C20H19ClF2N4O3S2. The minimum atomic E-state index is -4.45. The van der Waals surface area contributed by atoms with Crippen LogP contribution >= 0.6 is 23.1 Å². The lowest BCUT2D eigenvalue weighted by Gasteiger charge is -2.34. The van der Waals surface area contributed by atoms with Crippen LogP contribution in [0.15, 0.2) is 41.6 Å². The zero-order valence-electron chi connectivity index (χ0n) is 16.8. The van der Waals surface area contributed by atoms with Gasteiger partial charge in [-0.05, 0) is 42.6 Å². The molecule has 2 N–H and O–H groups in total. The maximum absolute atomic E-state index is 15.4. The predicted molar refractivity (Wildman–Crippen MR) is 118 cm³/mol. The number of ether oxygens (including phenoxy) is 1. The van der Waals surface area contributed by atoms with Crippen molar-refractivity contribution in [2.75, 3.05) is 24.9 Å². The number of hydrogen-bond donors (Lipinski definition) is 2. The van der Waals surface area contributed by atoms with E-state index in [4.69, 9.17) is 16.3 Å². The molecule has 4 rings (SSSR count). The largest absolute Gasteiger partial charge is 0.493 e. The van der Waals surface area contributed by atoms with Gasteiger partial charge in [0.05, 0.1) is 7.11 Å². The van der Waals surface area contributed by atoms with Crippen molar-refractivity contribution in [3.63, 3.8) is 0 Å². The summed E-state index contributed by atoms with van der Waals surface area (Å²) in [6, 6.07) is 7.90. The number of rotatable bonds is 6. The van der Waals surface area contributed by atoms with E-state index in [1.165, 1.54) is 7.11 Å². The summed E-state index contributed by atoms with van der Waals surface area (Å²) in [5.41, 5.74) is 0.921. The van der Waals surface area contributed by atoms with Crippen LogP contribution in [-0.4, -0.2) is 38.0 Å². The molecule has 170 valence electrons. The maximum atomic E-state index is 15.4. The zero-order chi connectivity index (χ0) is 22.9. The maximum Gasteiger partial charge on any atom is 0.266 e. The molecule has 0 spiro atoms. The molecule has 3 aromatic rings. The van der Waals surface area contributed by atoms with Gasteiger partial charge in [0.1, 0.15) is 17.0 Å². The highest BCUT2D eigenvalue weighted by Gasteiger charge is 2.36. The van der Waals surface area contributed by atoms with Gasteiger partial charge in [-0.2, -0.15) is 4.37 Å². The molecule has 0 radical (unpaired) electrons. The Balaban J connectivity index is 1.79. The molecule has 0 bridgehead atoms. The van der Waals surface area contributed by atoms with Crippen LogP contribution < -0.4 is 14.8 Å². The van der Waals surface area contributed by atoms with Crippen LogP contribution in [0.2, 0.25) is 5.02 Å². The van der Waals surface area contributed by atoms with Crippen LogP contribution in [0.4, 0.5) is 13.9 Å². The fourth-order valence-corrected chi connectivity index (χ4v) is 5.87. The molecule has 7 nitrogen and oxygen atoms in total. The molecule has 0 amide bonds.